The van der Waals surface area contributed by atoms with Crippen LogP contribution in [0.3, 0.4) is 0 Å². The average molecular weight is 387 g/mol. The van der Waals surface area contributed by atoms with E-state index in [1.165, 1.54) is 0 Å². The lowest BCUT2D eigenvalue weighted by molar-refractivity contribution is 0.0630. The van der Waals surface area contributed by atoms with Crippen LogP contribution in [0, 0.1) is 8.99 Å². The Hall–Kier alpha value is -0.780. The first kappa shape index (κ1) is 15.6. The van der Waals surface area contributed by atoms with Crippen LogP contribution in [0.25, 0.3) is 0 Å². The molecule has 0 unspecified atom stereocenters. The van der Waals surface area contributed by atoms with Crippen LogP contribution in [0.2, 0.25) is 0 Å². The third-order valence-electron chi connectivity index (χ3n) is 3.88. The fourth-order valence-electron chi connectivity index (χ4n) is 2.40. The summed E-state index contributed by atoms with van der Waals surface area (Å²) in [7, 11) is 0. The number of carbonyl (C=O) groups is 1. The van der Waals surface area contributed by atoms with Gasteiger partial charge in [-0.3, -0.25) is 4.79 Å². The smallest absolute Gasteiger partial charge is 0.253 e. The molecular formula is C16H22INO2. The number of amides is 1. The van der Waals surface area contributed by atoms with E-state index >= 15 is 0 Å². The summed E-state index contributed by atoms with van der Waals surface area (Å²) in [6.07, 6.45) is 2.15. The van der Waals surface area contributed by atoms with E-state index in [0.717, 1.165) is 40.8 Å². The molecule has 1 aromatic rings. The van der Waals surface area contributed by atoms with Crippen LogP contribution >= 0.6 is 22.6 Å². The van der Waals surface area contributed by atoms with Gasteiger partial charge in [0, 0.05) is 18.7 Å². The lowest BCUT2D eigenvalue weighted by Gasteiger charge is -2.37. The van der Waals surface area contributed by atoms with Crippen molar-refractivity contribution >= 4 is 28.5 Å². The Balaban J connectivity index is 2.08. The molecule has 0 N–H and O–H groups in total. The predicted octanol–water partition coefficient (Wildman–Crippen LogP) is 3.95. The normalized spacial score (nSPS) is 17.9. The van der Waals surface area contributed by atoms with Crippen molar-refractivity contribution in [1.29, 1.82) is 0 Å². The van der Waals surface area contributed by atoms with E-state index in [9.17, 15) is 4.79 Å². The maximum absolute atomic E-state index is 12.5. The highest BCUT2D eigenvalue weighted by atomic mass is 127. The summed E-state index contributed by atoms with van der Waals surface area (Å²) < 4.78 is 6.50. The largest absolute Gasteiger partial charge is 0.493 e. The Bertz CT molecular complexity index is 489. The fraction of sp³-hybridized carbons (Fsp3) is 0.562. The lowest BCUT2D eigenvalue weighted by Crippen LogP contribution is -2.41. The number of benzene rings is 1. The monoisotopic (exact) mass is 387 g/mol. The molecule has 1 aliphatic rings. The summed E-state index contributed by atoms with van der Waals surface area (Å²) in [6.45, 7) is 8.86. The van der Waals surface area contributed by atoms with Crippen molar-refractivity contribution in [2.75, 3.05) is 19.7 Å². The Morgan fingerprint density at radius 3 is 2.55 bits per heavy atom. The van der Waals surface area contributed by atoms with E-state index in [1.54, 1.807) is 0 Å². The number of carbonyl (C=O) groups excluding carboxylic acids is 1. The highest BCUT2D eigenvalue weighted by molar-refractivity contribution is 14.1. The van der Waals surface area contributed by atoms with Crippen molar-refractivity contribution in [1.82, 2.24) is 4.90 Å². The third-order valence-corrected chi connectivity index (χ3v) is 4.73. The number of hydrogen-bond acceptors (Lipinski definition) is 2. The number of rotatable bonds is 3. The summed E-state index contributed by atoms with van der Waals surface area (Å²) in [6, 6.07) is 5.69. The number of ether oxygens (including phenoxy) is 1. The summed E-state index contributed by atoms with van der Waals surface area (Å²) in [4.78, 5) is 14.5. The molecule has 1 heterocycles. The zero-order valence-electron chi connectivity index (χ0n) is 12.4. The van der Waals surface area contributed by atoms with Gasteiger partial charge in [-0.2, -0.15) is 0 Å². The van der Waals surface area contributed by atoms with E-state index in [-0.39, 0.29) is 5.91 Å². The molecule has 0 radical (unpaired) electrons. The SMILES string of the molecule is CCOc1ccc(C(=O)N2CCC(C)(C)CC2)cc1I. The van der Waals surface area contributed by atoms with Crippen molar-refractivity contribution in [3.63, 3.8) is 0 Å². The number of halogens is 1. The molecular weight excluding hydrogens is 365 g/mol. The fourth-order valence-corrected chi connectivity index (χ4v) is 3.08. The molecule has 110 valence electrons. The summed E-state index contributed by atoms with van der Waals surface area (Å²) >= 11 is 2.22. The molecule has 0 spiro atoms. The molecule has 0 aliphatic carbocycles. The van der Waals surface area contributed by atoms with Gasteiger partial charge in [-0.05, 0) is 66.0 Å². The third kappa shape index (κ3) is 3.65. The molecule has 1 aliphatic heterocycles. The first-order chi connectivity index (χ1) is 9.43. The summed E-state index contributed by atoms with van der Waals surface area (Å²) in [5.41, 5.74) is 1.13. The first-order valence-corrected chi connectivity index (χ1v) is 8.22. The van der Waals surface area contributed by atoms with Crippen molar-refractivity contribution in [2.45, 2.75) is 33.6 Å². The molecule has 2 rings (SSSR count). The quantitative estimate of drug-likeness (QED) is 0.736. The van der Waals surface area contributed by atoms with Crippen molar-refractivity contribution < 1.29 is 9.53 Å². The van der Waals surface area contributed by atoms with Gasteiger partial charge in [0.2, 0.25) is 0 Å². The number of hydrogen-bond donors (Lipinski definition) is 0. The van der Waals surface area contributed by atoms with E-state index in [0.29, 0.717) is 12.0 Å². The molecule has 4 heteroatoms. The van der Waals surface area contributed by atoms with Crippen LogP contribution in [0.15, 0.2) is 18.2 Å². The molecule has 0 bridgehead atoms. The highest BCUT2D eigenvalue weighted by Crippen LogP contribution is 2.31. The molecule has 1 aromatic carbocycles. The predicted molar refractivity (Wildman–Crippen MR) is 89.2 cm³/mol. The van der Waals surface area contributed by atoms with E-state index in [4.69, 9.17) is 4.74 Å². The van der Waals surface area contributed by atoms with Crippen LogP contribution in [-0.2, 0) is 0 Å². The second-order valence-electron chi connectivity index (χ2n) is 6.03. The van der Waals surface area contributed by atoms with E-state index < -0.39 is 0 Å². The molecule has 1 amide bonds. The van der Waals surface area contributed by atoms with Gasteiger partial charge in [-0.1, -0.05) is 13.8 Å². The van der Waals surface area contributed by atoms with Crippen LogP contribution in [0.1, 0.15) is 44.0 Å². The summed E-state index contributed by atoms with van der Waals surface area (Å²) in [5, 5.41) is 0. The van der Waals surface area contributed by atoms with Crippen LogP contribution < -0.4 is 4.74 Å². The zero-order valence-corrected chi connectivity index (χ0v) is 14.6. The van der Waals surface area contributed by atoms with Gasteiger partial charge in [-0.25, -0.2) is 0 Å². The lowest BCUT2D eigenvalue weighted by atomic mass is 9.82. The minimum atomic E-state index is 0.140. The average Bonchev–Trinajstić information content (AvgIpc) is 2.40. The molecule has 1 fully saturated rings. The van der Waals surface area contributed by atoms with Gasteiger partial charge in [0.1, 0.15) is 5.75 Å². The molecule has 0 saturated carbocycles. The standard InChI is InChI=1S/C16H22INO2/c1-4-20-14-6-5-12(11-13(14)17)15(19)18-9-7-16(2,3)8-10-18/h5-6,11H,4,7-10H2,1-3H3. The number of likely N-dealkylation sites (tertiary alicyclic amines) is 1. The summed E-state index contributed by atoms with van der Waals surface area (Å²) in [5.74, 6) is 0.992. The van der Waals surface area contributed by atoms with E-state index in [2.05, 4.69) is 36.4 Å². The Morgan fingerprint density at radius 2 is 2.00 bits per heavy atom. The Kier molecular flexibility index (Phi) is 4.94. The van der Waals surface area contributed by atoms with Gasteiger partial charge in [-0.15, -0.1) is 0 Å². The molecule has 0 aromatic heterocycles. The van der Waals surface area contributed by atoms with Gasteiger partial charge < -0.3 is 9.64 Å². The molecule has 1 saturated heterocycles. The minimum absolute atomic E-state index is 0.140. The Morgan fingerprint density at radius 1 is 1.35 bits per heavy atom. The van der Waals surface area contributed by atoms with E-state index in [1.807, 2.05) is 30.0 Å². The van der Waals surface area contributed by atoms with Crippen molar-refractivity contribution in [2.24, 2.45) is 5.41 Å². The topological polar surface area (TPSA) is 29.5 Å². The number of piperidine rings is 1. The number of nitrogens with zero attached hydrogens (tertiary/aromatic N) is 1. The highest BCUT2D eigenvalue weighted by Gasteiger charge is 2.28. The molecule has 20 heavy (non-hydrogen) atoms. The van der Waals surface area contributed by atoms with Gasteiger partial charge in [0.15, 0.2) is 0 Å². The maximum Gasteiger partial charge on any atom is 0.253 e. The van der Waals surface area contributed by atoms with Crippen molar-refractivity contribution in [3.05, 3.63) is 27.3 Å². The van der Waals surface area contributed by atoms with Crippen LogP contribution in [0.4, 0.5) is 0 Å². The minimum Gasteiger partial charge on any atom is -0.493 e. The van der Waals surface area contributed by atoms with Crippen LogP contribution in [0.5, 0.6) is 5.75 Å². The molecule has 3 nitrogen and oxygen atoms in total. The van der Waals surface area contributed by atoms with Gasteiger partial charge in [0.05, 0.1) is 10.2 Å². The Labute approximate surface area is 134 Å². The second kappa shape index (κ2) is 6.33. The van der Waals surface area contributed by atoms with Crippen LogP contribution in [-0.4, -0.2) is 30.5 Å². The second-order valence-corrected chi connectivity index (χ2v) is 7.20. The van der Waals surface area contributed by atoms with Crippen molar-refractivity contribution in [3.8, 4) is 5.75 Å². The van der Waals surface area contributed by atoms with Gasteiger partial charge in [0.25, 0.3) is 5.91 Å². The maximum atomic E-state index is 12.5. The first-order valence-electron chi connectivity index (χ1n) is 7.14. The molecule has 0 atom stereocenters. The zero-order chi connectivity index (χ0) is 14.8. The van der Waals surface area contributed by atoms with Gasteiger partial charge >= 0.3 is 0 Å².